The third-order valence-electron chi connectivity index (χ3n) is 2.85. The minimum atomic E-state index is -2.03. The van der Waals surface area contributed by atoms with Gasteiger partial charge in [0.15, 0.2) is 6.16 Å². The molecule has 0 heterocycles. The molecule has 2 aromatic carbocycles. The van der Waals surface area contributed by atoms with Crippen molar-refractivity contribution in [1.29, 1.82) is 0 Å². The van der Waals surface area contributed by atoms with Crippen molar-refractivity contribution in [3.63, 3.8) is 0 Å². The molecule has 0 aromatic heterocycles. The summed E-state index contributed by atoms with van der Waals surface area (Å²) in [4.78, 5) is 12.2. The molecule has 102 valence electrons. The zero-order chi connectivity index (χ0) is 14.5. The molecule has 0 fully saturated rings. The first kappa shape index (κ1) is 15.2. The summed E-state index contributed by atoms with van der Waals surface area (Å²) in [5, 5.41) is 0.483. The third-order valence-corrected chi connectivity index (χ3v) is 4.79. The van der Waals surface area contributed by atoms with Crippen LogP contribution in [0.3, 0.4) is 0 Å². The first-order chi connectivity index (χ1) is 9.59. The first-order valence-electron chi connectivity index (χ1n) is 6.06. The van der Waals surface area contributed by atoms with Gasteiger partial charge in [-0.2, -0.15) is 0 Å². The van der Waals surface area contributed by atoms with Crippen LogP contribution < -0.4 is 0 Å². The molecule has 1 unspecified atom stereocenters. The van der Waals surface area contributed by atoms with E-state index in [9.17, 15) is 9.36 Å². The van der Waals surface area contributed by atoms with Crippen LogP contribution in [0.2, 0.25) is 10.0 Å². The zero-order valence-electron chi connectivity index (χ0n) is 10.6. The van der Waals surface area contributed by atoms with Gasteiger partial charge < -0.3 is 0 Å². The molecule has 0 amide bonds. The Balaban J connectivity index is 2.08. The number of aryl methyl sites for hydroxylation is 1. The molecule has 2 rings (SSSR count). The Morgan fingerprint density at radius 2 is 1.55 bits per heavy atom. The first-order valence-corrected chi connectivity index (χ1v) is 8.26. The molecule has 0 N–H and O–H groups in total. The van der Waals surface area contributed by atoms with E-state index in [1.807, 2.05) is 30.3 Å². The van der Waals surface area contributed by atoms with Gasteiger partial charge in [-0.3, -0.25) is 0 Å². The molecule has 5 heteroatoms. The Bertz CT molecular complexity index is 621. The van der Waals surface area contributed by atoms with E-state index in [4.69, 9.17) is 23.2 Å². The molecule has 0 saturated heterocycles. The monoisotopic (exact) mass is 325 g/mol. The van der Waals surface area contributed by atoms with E-state index in [0.29, 0.717) is 12.6 Å². The largest absolute Gasteiger partial charge is 0.420 e. The van der Waals surface area contributed by atoms with Crippen LogP contribution in [0.5, 0.6) is 0 Å². The SMILES string of the molecule is O=C(c1c(Cl)cccc1Cl)[P+](=O)CCc1ccccc1. The highest BCUT2D eigenvalue weighted by molar-refractivity contribution is 7.64. The van der Waals surface area contributed by atoms with Crippen molar-refractivity contribution < 1.29 is 9.36 Å². The summed E-state index contributed by atoms with van der Waals surface area (Å²) in [5.41, 5.74) is 0.727. The second-order valence-corrected chi connectivity index (χ2v) is 6.66. The average molecular weight is 326 g/mol. The van der Waals surface area contributed by atoms with Crippen LogP contribution in [0.4, 0.5) is 0 Å². The fourth-order valence-electron chi connectivity index (χ4n) is 1.80. The Kier molecular flexibility index (Phi) is 5.31. The van der Waals surface area contributed by atoms with Crippen molar-refractivity contribution in [1.82, 2.24) is 0 Å². The molecule has 0 bridgehead atoms. The lowest BCUT2D eigenvalue weighted by atomic mass is 10.2. The van der Waals surface area contributed by atoms with E-state index >= 15 is 0 Å². The standard InChI is InChI=1S/C15H12Cl2O2P/c16-12-7-4-8-13(17)14(12)15(18)20(19)10-9-11-5-2-1-3-6-11/h1-8H,9-10H2/q+1. The van der Waals surface area contributed by atoms with Crippen LogP contribution in [0.15, 0.2) is 48.5 Å². The van der Waals surface area contributed by atoms with Crippen LogP contribution in [0.25, 0.3) is 0 Å². The highest BCUT2D eigenvalue weighted by Crippen LogP contribution is 2.35. The van der Waals surface area contributed by atoms with Gasteiger partial charge in [0, 0.05) is 6.42 Å². The summed E-state index contributed by atoms with van der Waals surface area (Å²) in [6.45, 7) is 0. The minimum absolute atomic E-state index is 0.157. The number of rotatable bonds is 5. The Morgan fingerprint density at radius 1 is 0.950 bits per heavy atom. The lowest BCUT2D eigenvalue weighted by molar-refractivity contribution is 0.107. The summed E-state index contributed by atoms with van der Waals surface area (Å²) in [5.74, 6) is 0. The van der Waals surface area contributed by atoms with Crippen molar-refractivity contribution in [3.8, 4) is 0 Å². The number of halogens is 2. The molecule has 0 radical (unpaired) electrons. The summed E-state index contributed by atoms with van der Waals surface area (Å²) < 4.78 is 12.1. The van der Waals surface area contributed by atoms with Gasteiger partial charge in [0.25, 0.3) is 0 Å². The molecule has 0 aliphatic heterocycles. The third kappa shape index (κ3) is 3.67. The topological polar surface area (TPSA) is 34.1 Å². The van der Waals surface area contributed by atoms with Gasteiger partial charge in [-0.1, -0.05) is 64.2 Å². The molecular formula is C15H12Cl2O2P+. The number of benzene rings is 2. The molecule has 0 aliphatic rings. The Labute approximate surface area is 128 Å². The van der Waals surface area contributed by atoms with Crippen molar-refractivity contribution in [2.75, 3.05) is 6.16 Å². The van der Waals surface area contributed by atoms with Crippen LogP contribution in [-0.4, -0.2) is 11.7 Å². The highest BCUT2D eigenvalue weighted by atomic mass is 35.5. The average Bonchev–Trinajstić information content (AvgIpc) is 2.45. The second kappa shape index (κ2) is 6.99. The molecule has 2 nitrogen and oxygen atoms in total. The number of hydrogen-bond donors (Lipinski definition) is 0. The van der Waals surface area contributed by atoms with E-state index in [1.54, 1.807) is 18.2 Å². The molecule has 1 atom stereocenters. The summed E-state index contributed by atoms with van der Waals surface area (Å²) in [7, 11) is -2.03. The van der Waals surface area contributed by atoms with Crippen molar-refractivity contribution >= 4 is 36.5 Å². The van der Waals surface area contributed by atoms with Gasteiger partial charge in [0.1, 0.15) is 5.56 Å². The smallest absolute Gasteiger partial charge is 0.234 e. The molecule has 0 saturated carbocycles. The van der Waals surface area contributed by atoms with E-state index in [1.165, 1.54) is 0 Å². The lowest BCUT2D eigenvalue weighted by Crippen LogP contribution is -1.99. The fourth-order valence-corrected chi connectivity index (χ4v) is 3.66. The van der Waals surface area contributed by atoms with Gasteiger partial charge in [0.2, 0.25) is 0 Å². The number of carbonyl (C=O) groups is 1. The number of carbonyl (C=O) groups excluding carboxylic acids is 1. The maximum absolute atomic E-state index is 12.2. The zero-order valence-corrected chi connectivity index (χ0v) is 13.0. The number of hydrogen-bond acceptors (Lipinski definition) is 2. The Hall–Kier alpha value is -1.21. The normalized spacial score (nSPS) is 11.2. The quantitative estimate of drug-likeness (QED) is 0.707. The minimum Gasteiger partial charge on any atom is -0.234 e. The fraction of sp³-hybridized carbons (Fsp3) is 0.133. The van der Waals surface area contributed by atoms with Crippen molar-refractivity contribution in [2.24, 2.45) is 0 Å². The van der Waals surface area contributed by atoms with Gasteiger partial charge >= 0.3 is 13.3 Å². The van der Waals surface area contributed by atoms with Crippen molar-refractivity contribution in [3.05, 3.63) is 69.7 Å². The second-order valence-electron chi connectivity index (χ2n) is 4.24. The van der Waals surface area contributed by atoms with Crippen LogP contribution in [-0.2, 0) is 11.0 Å². The molecule has 0 aliphatic carbocycles. The van der Waals surface area contributed by atoms with E-state index in [2.05, 4.69) is 0 Å². The molecule has 2 aromatic rings. The van der Waals surface area contributed by atoms with E-state index in [0.717, 1.165) is 5.56 Å². The summed E-state index contributed by atoms with van der Waals surface area (Å²) >= 11 is 11.9. The summed E-state index contributed by atoms with van der Waals surface area (Å²) in [6.07, 6.45) is 0.879. The maximum atomic E-state index is 12.2. The predicted molar refractivity (Wildman–Crippen MR) is 83.4 cm³/mol. The van der Waals surface area contributed by atoms with Crippen molar-refractivity contribution in [2.45, 2.75) is 6.42 Å². The van der Waals surface area contributed by atoms with E-state index < -0.39 is 13.3 Å². The summed E-state index contributed by atoms with van der Waals surface area (Å²) in [6, 6.07) is 14.4. The van der Waals surface area contributed by atoms with Crippen LogP contribution in [0, 0.1) is 0 Å². The highest BCUT2D eigenvalue weighted by Gasteiger charge is 2.32. The predicted octanol–water partition coefficient (Wildman–Crippen LogP) is 5.20. The van der Waals surface area contributed by atoms with Gasteiger partial charge in [0.05, 0.1) is 10.0 Å². The van der Waals surface area contributed by atoms with Gasteiger partial charge in [-0.25, -0.2) is 4.79 Å². The molecule has 0 spiro atoms. The Morgan fingerprint density at radius 3 is 2.15 bits per heavy atom. The maximum Gasteiger partial charge on any atom is 0.420 e. The van der Waals surface area contributed by atoms with Gasteiger partial charge in [-0.05, 0) is 17.7 Å². The molecular weight excluding hydrogens is 314 g/mol. The molecule has 20 heavy (non-hydrogen) atoms. The van der Waals surface area contributed by atoms with Gasteiger partial charge in [-0.15, -0.1) is 0 Å². The van der Waals surface area contributed by atoms with E-state index in [-0.39, 0.29) is 15.6 Å². The van der Waals surface area contributed by atoms with Crippen LogP contribution in [0.1, 0.15) is 15.9 Å². The lowest BCUT2D eigenvalue weighted by Gasteiger charge is -1.99. The van der Waals surface area contributed by atoms with Crippen LogP contribution >= 0.6 is 31.0 Å².